The van der Waals surface area contributed by atoms with Gasteiger partial charge in [-0.25, -0.2) is 0 Å². The van der Waals surface area contributed by atoms with Crippen molar-refractivity contribution < 1.29 is 19.0 Å². The van der Waals surface area contributed by atoms with Crippen LogP contribution in [0.5, 0.6) is 17.2 Å². The largest absolute Gasteiger partial charge is 0.494 e. The molecule has 0 unspecified atom stereocenters. The Kier molecular flexibility index (Phi) is 6.90. The molecule has 0 spiro atoms. The van der Waals surface area contributed by atoms with Gasteiger partial charge in [0.2, 0.25) is 0 Å². The normalized spacial score (nSPS) is 10.2. The van der Waals surface area contributed by atoms with Crippen molar-refractivity contribution >= 4 is 11.6 Å². The van der Waals surface area contributed by atoms with Gasteiger partial charge in [-0.2, -0.15) is 0 Å². The zero-order valence-electron chi connectivity index (χ0n) is 15.8. The topological polar surface area (TPSA) is 56.8 Å². The van der Waals surface area contributed by atoms with Crippen molar-refractivity contribution in [2.24, 2.45) is 0 Å². The van der Waals surface area contributed by atoms with Crippen LogP contribution < -0.4 is 19.5 Å². The van der Waals surface area contributed by atoms with E-state index < -0.39 is 0 Å². The van der Waals surface area contributed by atoms with E-state index in [9.17, 15) is 4.79 Å². The first-order chi connectivity index (χ1) is 13.8. The van der Waals surface area contributed by atoms with E-state index in [1.165, 1.54) is 0 Å². The number of para-hydroxylation sites is 3. The fourth-order valence-electron chi connectivity index (χ4n) is 2.59. The van der Waals surface area contributed by atoms with Crippen molar-refractivity contribution in [2.75, 3.05) is 25.1 Å². The molecule has 0 aromatic heterocycles. The van der Waals surface area contributed by atoms with Gasteiger partial charge in [-0.05, 0) is 55.5 Å². The Labute approximate surface area is 164 Å². The molecule has 3 aromatic carbocycles. The predicted molar refractivity (Wildman–Crippen MR) is 109 cm³/mol. The maximum absolute atomic E-state index is 12.5. The molecule has 0 radical (unpaired) electrons. The van der Waals surface area contributed by atoms with Gasteiger partial charge < -0.3 is 19.5 Å². The highest BCUT2D eigenvalue weighted by molar-refractivity contribution is 6.05. The first-order valence-electron chi connectivity index (χ1n) is 9.20. The van der Waals surface area contributed by atoms with Gasteiger partial charge in [-0.15, -0.1) is 0 Å². The second-order valence-electron chi connectivity index (χ2n) is 5.92. The molecule has 0 atom stereocenters. The third-order valence-corrected chi connectivity index (χ3v) is 3.92. The second-order valence-corrected chi connectivity index (χ2v) is 5.92. The highest BCUT2D eigenvalue weighted by Crippen LogP contribution is 2.24. The van der Waals surface area contributed by atoms with E-state index >= 15 is 0 Å². The van der Waals surface area contributed by atoms with E-state index in [0.29, 0.717) is 36.8 Å². The molecular weight excluding hydrogens is 354 g/mol. The van der Waals surface area contributed by atoms with Crippen LogP contribution in [0.25, 0.3) is 0 Å². The molecule has 3 aromatic rings. The van der Waals surface area contributed by atoms with Gasteiger partial charge in [-0.1, -0.05) is 30.3 Å². The van der Waals surface area contributed by atoms with E-state index in [0.717, 1.165) is 11.5 Å². The Morgan fingerprint density at radius 2 is 1.39 bits per heavy atom. The van der Waals surface area contributed by atoms with Crippen molar-refractivity contribution in [1.29, 1.82) is 0 Å². The molecule has 0 aliphatic rings. The predicted octanol–water partition coefficient (Wildman–Crippen LogP) is 4.80. The Bertz CT molecular complexity index is 879. The minimum Gasteiger partial charge on any atom is -0.494 e. The number of anilines is 1. The number of benzene rings is 3. The fraction of sp³-hybridized carbons (Fsp3) is 0.174. The van der Waals surface area contributed by atoms with Gasteiger partial charge in [0, 0.05) is 5.56 Å². The van der Waals surface area contributed by atoms with Crippen molar-refractivity contribution in [3.63, 3.8) is 0 Å². The summed E-state index contributed by atoms with van der Waals surface area (Å²) in [5.41, 5.74) is 1.16. The molecule has 0 fully saturated rings. The van der Waals surface area contributed by atoms with Crippen molar-refractivity contribution in [3.8, 4) is 17.2 Å². The van der Waals surface area contributed by atoms with Gasteiger partial charge in [0.25, 0.3) is 5.91 Å². The summed E-state index contributed by atoms with van der Waals surface area (Å²) >= 11 is 0. The van der Waals surface area contributed by atoms with E-state index in [1.54, 1.807) is 30.3 Å². The third-order valence-electron chi connectivity index (χ3n) is 3.92. The van der Waals surface area contributed by atoms with Gasteiger partial charge >= 0.3 is 0 Å². The van der Waals surface area contributed by atoms with E-state index in [4.69, 9.17) is 14.2 Å². The number of carbonyl (C=O) groups is 1. The number of amides is 1. The van der Waals surface area contributed by atoms with E-state index in [-0.39, 0.29) is 5.91 Å². The minimum absolute atomic E-state index is 0.209. The number of carbonyl (C=O) groups excluding carboxylic acids is 1. The SMILES string of the molecule is CCOc1ccc(C(=O)Nc2ccccc2OCCOc2ccccc2)cc1. The average molecular weight is 377 g/mol. The van der Waals surface area contributed by atoms with Crippen LogP contribution in [0, 0.1) is 0 Å². The molecular formula is C23H23NO4. The van der Waals surface area contributed by atoms with E-state index in [1.807, 2.05) is 55.5 Å². The van der Waals surface area contributed by atoms with Gasteiger partial charge in [-0.3, -0.25) is 4.79 Å². The number of rotatable bonds is 9. The summed E-state index contributed by atoms with van der Waals surface area (Å²) in [6.07, 6.45) is 0. The van der Waals surface area contributed by atoms with Crippen LogP contribution in [0.2, 0.25) is 0 Å². The second kappa shape index (κ2) is 10.0. The van der Waals surface area contributed by atoms with Gasteiger partial charge in [0.1, 0.15) is 30.5 Å². The average Bonchev–Trinajstić information content (AvgIpc) is 2.74. The summed E-state index contributed by atoms with van der Waals surface area (Å²) in [6.45, 7) is 3.28. The minimum atomic E-state index is -0.209. The first-order valence-corrected chi connectivity index (χ1v) is 9.20. The third kappa shape index (κ3) is 5.51. The maximum atomic E-state index is 12.5. The summed E-state index contributed by atoms with van der Waals surface area (Å²) in [5, 5.41) is 2.89. The molecule has 0 saturated carbocycles. The lowest BCUT2D eigenvalue weighted by Crippen LogP contribution is -2.14. The molecule has 0 saturated heterocycles. The van der Waals surface area contributed by atoms with Gasteiger partial charge in [0.15, 0.2) is 0 Å². The Hall–Kier alpha value is -3.47. The van der Waals surface area contributed by atoms with Crippen molar-refractivity contribution in [3.05, 3.63) is 84.4 Å². The lowest BCUT2D eigenvalue weighted by Gasteiger charge is -2.13. The molecule has 1 N–H and O–H groups in total. The number of nitrogens with one attached hydrogen (secondary N) is 1. The summed E-state index contributed by atoms with van der Waals surface area (Å²) in [5.74, 6) is 1.92. The monoisotopic (exact) mass is 377 g/mol. The number of hydrogen-bond acceptors (Lipinski definition) is 4. The number of hydrogen-bond donors (Lipinski definition) is 1. The molecule has 0 heterocycles. The fourth-order valence-corrected chi connectivity index (χ4v) is 2.59. The molecule has 5 heteroatoms. The molecule has 144 valence electrons. The lowest BCUT2D eigenvalue weighted by atomic mass is 10.2. The molecule has 0 aliphatic heterocycles. The quantitative estimate of drug-likeness (QED) is 0.545. The maximum Gasteiger partial charge on any atom is 0.255 e. The molecule has 0 bridgehead atoms. The summed E-state index contributed by atoms with van der Waals surface area (Å²) in [4.78, 5) is 12.5. The molecule has 5 nitrogen and oxygen atoms in total. The van der Waals surface area contributed by atoms with Crippen molar-refractivity contribution in [2.45, 2.75) is 6.92 Å². The summed E-state index contributed by atoms with van der Waals surface area (Å²) in [7, 11) is 0. The standard InChI is InChI=1S/C23H23NO4/c1-2-26-20-14-12-18(13-15-20)23(25)24-21-10-6-7-11-22(21)28-17-16-27-19-8-4-3-5-9-19/h3-15H,2,16-17H2,1H3,(H,24,25). The summed E-state index contributed by atoms with van der Waals surface area (Å²) in [6, 6.07) is 23.9. The Balaban J connectivity index is 1.56. The Morgan fingerprint density at radius 3 is 2.14 bits per heavy atom. The van der Waals surface area contributed by atoms with Crippen LogP contribution >= 0.6 is 0 Å². The van der Waals surface area contributed by atoms with Crippen LogP contribution in [-0.2, 0) is 0 Å². The zero-order chi connectivity index (χ0) is 19.6. The highest BCUT2D eigenvalue weighted by Gasteiger charge is 2.10. The van der Waals surface area contributed by atoms with Crippen LogP contribution in [-0.4, -0.2) is 25.7 Å². The molecule has 28 heavy (non-hydrogen) atoms. The highest BCUT2D eigenvalue weighted by atomic mass is 16.5. The van der Waals surface area contributed by atoms with Crippen LogP contribution in [0.4, 0.5) is 5.69 Å². The van der Waals surface area contributed by atoms with Gasteiger partial charge in [0.05, 0.1) is 12.3 Å². The van der Waals surface area contributed by atoms with Crippen LogP contribution in [0.1, 0.15) is 17.3 Å². The summed E-state index contributed by atoms with van der Waals surface area (Å²) < 4.78 is 16.8. The molecule has 0 aliphatic carbocycles. The van der Waals surface area contributed by atoms with Crippen LogP contribution in [0.15, 0.2) is 78.9 Å². The zero-order valence-corrected chi connectivity index (χ0v) is 15.8. The smallest absolute Gasteiger partial charge is 0.255 e. The molecule has 3 rings (SSSR count). The number of ether oxygens (including phenoxy) is 3. The molecule has 1 amide bonds. The first kappa shape index (κ1) is 19.3. The lowest BCUT2D eigenvalue weighted by molar-refractivity contribution is 0.102. The van der Waals surface area contributed by atoms with E-state index in [2.05, 4.69) is 5.32 Å². The Morgan fingerprint density at radius 1 is 0.750 bits per heavy atom. The van der Waals surface area contributed by atoms with Crippen molar-refractivity contribution in [1.82, 2.24) is 0 Å². The van der Waals surface area contributed by atoms with Crippen LogP contribution in [0.3, 0.4) is 0 Å².